The molecule has 6 nitrogen and oxygen atoms in total. The quantitative estimate of drug-likeness (QED) is 0.252. The van der Waals surface area contributed by atoms with Gasteiger partial charge in [0.05, 0.1) is 0 Å². The van der Waals surface area contributed by atoms with Gasteiger partial charge in [0.25, 0.3) is 0 Å². The standard InChI is InChI=1S/C21H35FN6.HI/c1-17-7-6-13-27(15-17)12-4-3-10-25-21(23-2)26-18-9-14-28(16-18)20-19(22)8-5-11-24-20;/h5,8,11,17-18H,3-4,6-7,9-10,12-16H2,1-2H3,(H2,23,25,26);1H. The number of piperidine rings is 1. The van der Waals surface area contributed by atoms with Crippen molar-refractivity contribution in [1.82, 2.24) is 20.5 Å². The third kappa shape index (κ3) is 7.55. The van der Waals surface area contributed by atoms with Gasteiger partial charge in [0.2, 0.25) is 0 Å². The molecule has 0 saturated carbocycles. The van der Waals surface area contributed by atoms with Gasteiger partial charge >= 0.3 is 0 Å². The number of hydrogen-bond donors (Lipinski definition) is 2. The summed E-state index contributed by atoms with van der Waals surface area (Å²) < 4.78 is 13.9. The van der Waals surface area contributed by atoms with Gasteiger partial charge in [-0.15, -0.1) is 24.0 Å². The predicted molar refractivity (Wildman–Crippen MR) is 129 cm³/mol. The Labute approximate surface area is 191 Å². The van der Waals surface area contributed by atoms with E-state index in [9.17, 15) is 4.39 Å². The molecule has 2 aliphatic rings. The Morgan fingerprint density at radius 2 is 2.14 bits per heavy atom. The van der Waals surface area contributed by atoms with Crippen LogP contribution in [0.4, 0.5) is 10.2 Å². The zero-order valence-electron chi connectivity index (χ0n) is 17.7. The van der Waals surface area contributed by atoms with Crippen molar-refractivity contribution in [3.8, 4) is 0 Å². The van der Waals surface area contributed by atoms with Gasteiger partial charge in [0, 0.05) is 45.5 Å². The highest BCUT2D eigenvalue weighted by Gasteiger charge is 2.25. The summed E-state index contributed by atoms with van der Waals surface area (Å²) in [6, 6.07) is 3.35. The number of unbranched alkanes of at least 4 members (excludes halogenated alkanes) is 1. The Bertz CT molecular complexity index is 643. The first-order valence-corrected chi connectivity index (χ1v) is 10.7. The lowest BCUT2D eigenvalue weighted by Gasteiger charge is -2.30. The summed E-state index contributed by atoms with van der Waals surface area (Å²) in [4.78, 5) is 13.1. The van der Waals surface area contributed by atoms with Gasteiger partial charge in [-0.1, -0.05) is 6.92 Å². The van der Waals surface area contributed by atoms with Crippen LogP contribution < -0.4 is 15.5 Å². The maximum atomic E-state index is 13.9. The highest BCUT2D eigenvalue weighted by molar-refractivity contribution is 14.0. The lowest BCUT2D eigenvalue weighted by atomic mass is 10.0. The molecule has 2 aliphatic heterocycles. The van der Waals surface area contributed by atoms with Gasteiger partial charge < -0.3 is 20.4 Å². The van der Waals surface area contributed by atoms with Crippen molar-refractivity contribution in [1.29, 1.82) is 0 Å². The van der Waals surface area contributed by atoms with Gasteiger partial charge in [0.15, 0.2) is 17.6 Å². The fraction of sp³-hybridized carbons (Fsp3) is 0.714. The van der Waals surface area contributed by atoms with E-state index in [0.29, 0.717) is 5.82 Å². The summed E-state index contributed by atoms with van der Waals surface area (Å²) in [6.45, 7) is 8.54. The third-order valence-corrected chi connectivity index (χ3v) is 5.73. The molecule has 0 amide bonds. The number of nitrogens with zero attached hydrogens (tertiary/aromatic N) is 4. The molecule has 8 heteroatoms. The summed E-state index contributed by atoms with van der Waals surface area (Å²) >= 11 is 0. The van der Waals surface area contributed by atoms with E-state index in [2.05, 4.69) is 32.4 Å². The normalized spacial score (nSPS) is 23.0. The monoisotopic (exact) mass is 518 g/mol. The van der Waals surface area contributed by atoms with Gasteiger partial charge in [-0.25, -0.2) is 9.37 Å². The van der Waals surface area contributed by atoms with Crippen LogP contribution in [0.25, 0.3) is 0 Å². The van der Waals surface area contributed by atoms with Crippen LogP contribution in [0.1, 0.15) is 39.0 Å². The smallest absolute Gasteiger partial charge is 0.191 e. The first kappa shape index (κ1) is 24.1. The lowest BCUT2D eigenvalue weighted by molar-refractivity contribution is 0.181. The van der Waals surface area contributed by atoms with Crippen molar-refractivity contribution in [3.05, 3.63) is 24.1 Å². The number of likely N-dealkylation sites (tertiary alicyclic amines) is 1. The second-order valence-corrected chi connectivity index (χ2v) is 8.14. The molecular weight excluding hydrogens is 482 g/mol. The molecule has 164 valence electrons. The van der Waals surface area contributed by atoms with Crippen molar-refractivity contribution in [2.75, 3.05) is 51.2 Å². The highest BCUT2D eigenvalue weighted by Crippen LogP contribution is 2.20. The van der Waals surface area contributed by atoms with Crippen LogP contribution in [0.2, 0.25) is 0 Å². The van der Waals surface area contributed by atoms with Crippen LogP contribution in [0.15, 0.2) is 23.3 Å². The average molecular weight is 518 g/mol. The van der Waals surface area contributed by atoms with E-state index >= 15 is 0 Å². The molecule has 2 N–H and O–H groups in total. The molecule has 1 aromatic heterocycles. The van der Waals surface area contributed by atoms with Crippen molar-refractivity contribution < 1.29 is 4.39 Å². The maximum absolute atomic E-state index is 13.9. The Morgan fingerprint density at radius 3 is 2.90 bits per heavy atom. The lowest BCUT2D eigenvalue weighted by Crippen LogP contribution is -2.45. The summed E-state index contributed by atoms with van der Waals surface area (Å²) in [6.07, 6.45) is 7.67. The van der Waals surface area contributed by atoms with Gasteiger partial charge in [-0.3, -0.25) is 4.99 Å². The second kappa shape index (κ2) is 12.5. The summed E-state index contributed by atoms with van der Waals surface area (Å²) in [5, 5.41) is 6.89. The number of pyridine rings is 1. The topological polar surface area (TPSA) is 55.8 Å². The van der Waals surface area contributed by atoms with Crippen molar-refractivity contribution in [2.45, 2.75) is 45.1 Å². The first-order chi connectivity index (χ1) is 13.7. The van der Waals surface area contributed by atoms with Crippen LogP contribution in [-0.2, 0) is 0 Å². The maximum Gasteiger partial charge on any atom is 0.191 e. The summed E-state index contributed by atoms with van der Waals surface area (Å²) in [7, 11) is 1.80. The molecule has 2 atom stereocenters. The number of guanidine groups is 1. The number of nitrogens with one attached hydrogen (secondary N) is 2. The average Bonchev–Trinajstić information content (AvgIpc) is 3.15. The Balaban J connectivity index is 0.00000300. The van der Waals surface area contributed by atoms with E-state index in [4.69, 9.17) is 0 Å². The molecule has 2 saturated heterocycles. The Kier molecular flexibility index (Phi) is 10.4. The van der Waals surface area contributed by atoms with Crippen LogP contribution in [-0.4, -0.2) is 68.2 Å². The van der Waals surface area contributed by atoms with Crippen LogP contribution in [0.5, 0.6) is 0 Å². The van der Waals surface area contributed by atoms with Gasteiger partial charge in [-0.05, 0) is 63.2 Å². The largest absolute Gasteiger partial charge is 0.356 e. The molecule has 3 heterocycles. The molecule has 2 unspecified atom stereocenters. The molecule has 0 radical (unpaired) electrons. The summed E-state index contributed by atoms with van der Waals surface area (Å²) in [5.41, 5.74) is 0. The molecule has 0 aromatic carbocycles. The van der Waals surface area contributed by atoms with Crippen LogP contribution >= 0.6 is 24.0 Å². The number of rotatable bonds is 7. The van der Waals surface area contributed by atoms with E-state index in [-0.39, 0.29) is 35.8 Å². The minimum Gasteiger partial charge on any atom is -0.356 e. The van der Waals surface area contributed by atoms with E-state index in [1.54, 1.807) is 19.3 Å². The molecule has 0 aliphatic carbocycles. The van der Waals surface area contributed by atoms with E-state index in [1.807, 2.05) is 4.90 Å². The number of hydrogen-bond acceptors (Lipinski definition) is 4. The van der Waals surface area contributed by atoms with Crippen molar-refractivity contribution in [3.63, 3.8) is 0 Å². The SMILES string of the molecule is CN=C(NCCCCN1CCCC(C)C1)NC1CCN(c2ncccc2F)C1.I. The molecule has 3 rings (SSSR count). The number of aliphatic imine (C=N–C) groups is 1. The van der Waals surface area contributed by atoms with Gasteiger partial charge in [-0.2, -0.15) is 0 Å². The Morgan fingerprint density at radius 1 is 1.28 bits per heavy atom. The molecule has 0 bridgehead atoms. The molecule has 29 heavy (non-hydrogen) atoms. The predicted octanol–water partition coefficient (Wildman–Crippen LogP) is 3.09. The van der Waals surface area contributed by atoms with Crippen molar-refractivity contribution >= 4 is 35.8 Å². The Hall–Kier alpha value is -1.16. The fourth-order valence-electron chi connectivity index (χ4n) is 4.23. The molecule has 0 spiro atoms. The van der Waals surface area contributed by atoms with Crippen LogP contribution in [0, 0.1) is 11.7 Å². The minimum absolute atomic E-state index is 0. The number of anilines is 1. The number of aromatic nitrogens is 1. The van der Waals surface area contributed by atoms with Crippen molar-refractivity contribution in [2.24, 2.45) is 10.9 Å². The van der Waals surface area contributed by atoms with Gasteiger partial charge in [0.1, 0.15) is 0 Å². The summed E-state index contributed by atoms with van der Waals surface area (Å²) in [5.74, 6) is 1.87. The molecule has 2 fully saturated rings. The third-order valence-electron chi connectivity index (χ3n) is 5.73. The number of halogens is 2. The second-order valence-electron chi connectivity index (χ2n) is 8.14. The first-order valence-electron chi connectivity index (χ1n) is 10.7. The zero-order chi connectivity index (χ0) is 19.8. The van der Waals surface area contributed by atoms with E-state index in [0.717, 1.165) is 44.4 Å². The zero-order valence-corrected chi connectivity index (χ0v) is 20.1. The molecular formula is C21H36FIN6. The van der Waals surface area contributed by atoms with E-state index < -0.39 is 0 Å². The van der Waals surface area contributed by atoms with E-state index in [1.165, 1.54) is 45.0 Å². The molecule has 1 aromatic rings. The highest BCUT2D eigenvalue weighted by atomic mass is 127. The fourth-order valence-corrected chi connectivity index (χ4v) is 4.23. The minimum atomic E-state index is -0.256. The van der Waals surface area contributed by atoms with Crippen LogP contribution in [0.3, 0.4) is 0 Å².